The lowest BCUT2D eigenvalue weighted by Gasteiger charge is -2.29. The summed E-state index contributed by atoms with van der Waals surface area (Å²) in [6, 6.07) is 0. The second kappa shape index (κ2) is 3.77. The number of aryl methyl sites for hydroxylation is 1. The zero-order valence-corrected chi connectivity index (χ0v) is 10.6. The van der Waals surface area contributed by atoms with Gasteiger partial charge in [-0.3, -0.25) is 0 Å². The summed E-state index contributed by atoms with van der Waals surface area (Å²) < 4.78 is 2.43. The number of nitrogens with two attached hydrogens (primary N) is 1. The summed E-state index contributed by atoms with van der Waals surface area (Å²) >= 11 is 1.88. The molecule has 1 aliphatic carbocycles. The quantitative estimate of drug-likeness (QED) is 0.856. The van der Waals surface area contributed by atoms with Gasteiger partial charge in [-0.2, -0.15) is 0 Å². The zero-order valence-electron chi connectivity index (χ0n) is 9.83. The van der Waals surface area contributed by atoms with Gasteiger partial charge in [0.2, 0.25) is 0 Å². The largest absolute Gasteiger partial charge is 0.330 e. The third kappa shape index (κ3) is 1.36. The molecule has 1 saturated carbocycles. The molecule has 0 atom stereocenters. The molecule has 1 fully saturated rings. The van der Waals surface area contributed by atoms with E-state index in [9.17, 15) is 0 Å². The van der Waals surface area contributed by atoms with Gasteiger partial charge in [-0.25, -0.2) is 4.98 Å². The molecule has 4 heteroatoms. The third-order valence-electron chi connectivity index (χ3n) is 4.11. The summed E-state index contributed by atoms with van der Waals surface area (Å²) in [4.78, 5) is 4.70. The van der Waals surface area contributed by atoms with Crippen LogP contribution in [0.5, 0.6) is 0 Å². The van der Waals surface area contributed by atoms with Crippen molar-refractivity contribution in [1.29, 1.82) is 0 Å². The van der Waals surface area contributed by atoms with Gasteiger partial charge >= 0.3 is 0 Å². The molecule has 3 nitrogen and oxygen atoms in total. The van der Waals surface area contributed by atoms with Crippen molar-refractivity contribution in [2.75, 3.05) is 12.3 Å². The van der Waals surface area contributed by atoms with Crippen molar-refractivity contribution in [1.82, 2.24) is 9.55 Å². The number of aromatic nitrogens is 2. The maximum atomic E-state index is 6.08. The molecule has 3 rings (SSSR count). The van der Waals surface area contributed by atoms with E-state index in [2.05, 4.69) is 11.5 Å². The first kappa shape index (κ1) is 10.7. The van der Waals surface area contributed by atoms with Crippen LogP contribution in [0, 0.1) is 6.92 Å². The molecule has 0 unspecified atom stereocenters. The van der Waals surface area contributed by atoms with Crippen LogP contribution in [0.4, 0.5) is 0 Å². The lowest BCUT2D eigenvalue weighted by molar-refractivity contribution is 0.413. The summed E-state index contributed by atoms with van der Waals surface area (Å²) in [5.41, 5.74) is 8.98. The Morgan fingerprint density at radius 1 is 1.44 bits per heavy atom. The van der Waals surface area contributed by atoms with Crippen LogP contribution in [0.15, 0.2) is 5.16 Å². The summed E-state index contributed by atoms with van der Waals surface area (Å²) in [5, 5.41) is 1.22. The second-order valence-electron chi connectivity index (χ2n) is 5.02. The minimum atomic E-state index is 0.236. The average Bonchev–Trinajstić information content (AvgIpc) is 2.92. The number of thioether (sulfide) groups is 1. The van der Waals surface area contributed by atoms with Gasteiger partial charge in [-0.05, 0) is 19.8 Å². The van der Waals surface area contributed by atoms with Gasteiger partial charge in [0.25, 0.3) is 0 Å². The van der Waals surface area contributed by atoms with E-state index in [1.807, 2.05) is 11.8 Å². The number of nitrogens with zero attached hydrogens (tertiary/aromatic N) is 2. The summed E-state index contributed by atoms with van der Waals surface area (Å²) in [6.45, 7) is 4.05. The van der Waals surface area contributed by atoms with Crippen molar-refractivity contribution in [2.45, 2.75) is 49.7 Å². The smallest absolute Gasteiger partial charge is 0.168 e. The monoisotopic (exact) mass is 237 g/mol. The first-order valence-electron chi connectivity index (χ1n) is 6.17. The summed E-state index contributed by atoms with van der Waals surface area (Å²) in [6.07, 6.45) is 5.15. The molecule has 2 heterocycles. The van der Waals surface area contributed by atoms with E-state index >= 15 is 0 Å². The van der Waals surface area contributed by atoms with E-state index < -0.39 is 0 Å². The molecule has 0 spiro atoms. The molecule has 0 saturated heterocycles. The number of hydrogen-bond donors (Lipinski definition) is 1. The Kier molecular flexibility index (Phi) is 2.51. The molecule has 88 valence electrons. The topological polar surface area (TPSA) is 43.8 Å². The van der Waals surface area contributed by atoms with Crippen LogP contribution in [0.3, 0.4) is 0 Å². The highest BCUT2D eigenvalue weighted by Crippen LogP contribution is 2.44. The minimum Gasteiger partial charge on any atom is -0.330 e. The highest BCUT2D eigenvalue weighted by molar-refractivity contribution is 7.99. The fourth-order valence-corrected chi connectivity index (χ4v) is 4.35. The van der Waals surface area contributed by atoms with E-state index in [1.165, 1.54) is 48.0 Å². The van der Waals surface area contributed by atoms with Crippen molar-refractivity contribution in [3.8, 4) is 0 Å². The van der Waals surface area contributed by atoms with Crippen molar-refractivity contribution < 1.29 is 0 Å². The molecule has 0 bridgehead atoms. The molecule has 2 aliphatic rings. The molecule has 1 aromatic heterocycles. The molecular weight excluding hydrogens is 218 g/mol. The molecule has 0 amide bonds. The third-order valence-corrected chi connectivity index (χ3v) is 5.06. The van der Waals surface area contributed by atoms with Gasteiger partial charge in [0.15, 0.2) is 5.16 Å². The van der Waals surface area contributed by atoms with Crippen LogP contribution in [0.25, 0.3) is 0 Å². The standard InChI is InChI=1S/C12H19N3S/c1-9-10(12(8-13)4-2-3-5-12)15-6-7-16-11(15)14-9/h2-8,13H2,1H3. The number of hydrogen-bond acceptors (Lipinski definition) is 3. The average molecular weight is 237 g/mol. The predicted molar refractivity (Wildman–Crippen MR) is 66.9 cm³/mol. The summed E-state index contributed by atoms with van der Waals surface area (Å²) in [5.74, 6) is 1.18. The van der Waals surface area contributed by atoms with Gasteiger partial charge in [0.1, 0.15) is 0 Å². The van der Waals surface area contributed by atoms with Crippen LogP contribution in [-0.2, 0) is 12.0 Å². The van der Waals surface area contributed by atoms with Crippen molar-refractivity contribution in [2.24, 2.45) is 5.73 Å². The van der Waals surface area contributed by atoms with Gasteiger partial charge in [0.05, 0.1) is 5.69 Å². The lowest BCUT2D eigenvalue weighted by atomic mass is 9.81. The Bertz CT molecular complexity index is 405. The van der Waals surface area contributed by atoms with Crippen molar-refractivity contribution in [3.05, 3.63) is 11.4 Å². The Morgan fingerprint density at radius 2 is 2.19 bits per heavy atom. The van der Waals surface area contributed by atoms with Crippen LogP contribution >= 0.6 is 11.8 Å². The Balaban J connectivity index is 2.11. The van der Waals surface area contributed by atoms with E-state index in [1.54, 1.807) is 0 Å². The summed E-state index contributed by atoms with van der Waals surface area (Å²) in [7, 11) is 0. The Hall–Kier alpha value is -0.480. The SMILES string of the molecule is Cc1nc2n(c1C1(CN)CCCC1)CCS2. The molecule has 2 N–H and O–H groups in total. The predicted octanol–water partition coefficient (Wildman–Crippen LogP) is 2.07. The van der Waals surface area contributed by atoms with E-state index in [-0.39, 0.29) is 5.41 Å². The van der Waals surface area contributed by atoms with Gasteiger partial charge in [-0.15, -0.1) is 0 Å². The maximum Gasteiger partial charge on any atom is 0.168 e. The second-order valence-corrected chi connectivity index (χ2v) is 6.08. The molecule has 1 aliphatic heterocycles. The Labute approximate surface area is 101 Å². The zero-order chi connectivity index (χ0) is 11.2. The fraction of sp³-hybridized carbons (Fsp3) is 0.750. The number of imidazole rings is 1. The maximum absolute atomic E-state index is 6.08. The van der Waals surface area contributed by atoms with Crippen LogP contribution in [-0.4, -0.2) is 21.8 Å². The van der Waals surface area contributed by atoms with E-state index in [0.29, 0.717) is 0 Å². The molecular formula is C12H19N3S. The highest BCUT2D eigenvalue weighted by atomic mass is 32.2. The van der Waals surface area contributed by atoms with E-state index in [4.69, 9.17) is 10.7 Å². The molecule has 1 aromatic rings. The van der Waals surface area contributed by atoms with Crippen LogP contribution in [0.2, 0.25) is 0 Å². The fourth-order valence-electron chi connectivity index (χ4n) is 3.35. The van der Waals surface area contributed by atoms with Gasteiger partial charge < -0.3 is 10.3 Å². The first-order valence-corrected chi connectivity index (χ1v) is 7.16. The highest BCUT2D eigenvalue weighted by Gasteiger charge is 2.40. The molecule has 0 radical (unpaired) electrons. The molecule has 16 heavy (non-hydrogen) atoms. The normalized spacial score (nSPS) is 22.6. The van der Waals surface area contributed by atoms with Crippen molar-refractivity contribution in [3.63, 3.8) is 0 Å². The number of fused-ring (bicyclic) bond motifs is 1. The lowest BCUT2D eigenvalue weighted by Crippen LogP contribution is -2.35. The van der Waals surface area contributed by atoms with Crippen LogP contribution in [0.1, 0.15) is 37.1 Å². The van der Waals surface area contributed by atoms with Crippen molar-refractivity contribution >= 4 is 11.8 Å². The van der Waals surface area contributed by atoms with Gasteiger partial charge in [-0.1, -0.05) is 24.6 Å². The van der Waals surface area contributed by atoms with Gasteiger partial charge in [0, 0.05) is 30.0 Å². The van der Waals surface area contributed by atoms with Crippen LogP contribution < -0.4 is 5.73 Å². The number of rotatable bonds is 2. The van der Waals surface area contributed by atoms with E-state index in [0.717, 1.165) is 13.1 Å². The first-order chi connectivity index (χ1) is 7.77. The minimum absolute atomic E-state index is 0.236. The molecule has 0 aromatic carbocycles. The Morgan fingerprint density at radius 3 is 2.88 bits per heavy atom.